The first-order valence-corrected chi connectivity index (χ1v) is 12.1. The molecular formula is C29H25N3O6. The number of H-pyrrole nitrogens is 1. The maximum Gasteiger partial charge on any atom is 0.290 e. The van der Waals surface area contributed by atoms with E-state index < -0.39 is 22.6 Å². The third kappa shape index (κ3) is 4.61. The molecule has 0 radical (unpaired) electrons. The number of nitro benzene ring substituents is 1. The lowest BCUT2D eigenvalue weighted by Crippen LogP contribution is -2.33. The predicted octanol–water partition coefficient (Wildman–Crippen LogP) is 4.83. The fourth-order valence-corrected chi connectivity index (χ4v) is 4.90. The molecule has 2 heterocycles. The van der Waals surface area contributed by atoms with Gasteiger partial charge in [-0.25, -0.2) is 0 Å². The van der Waals surface area contributed by atoms with Crippen LogP contribution >= 0.6 is 0 Å². The van der Waals surface area contributed by atoms with Crippen LogP contribution in [0.25, 0.3) is 10.9 Å². The first-order valence-electron chi connectivity index (χ1n) is 12.1. The van der Waals surface area contributed by atoms with E-state index in [0.717, 1.165) is 22.0 Å². The second kappa shape index (κ2) is 10.2. The summed E-state index contributed by atoms with van der Waals surface area (Å²) in [6.07, 6.45) is 2.31. The van der Waals surface area contributed by atoms with Gasteiger partial charge in [0.1, 0.15) is 5.75 Å². The van der Waals surface area contributed by atoms with Crippen LogP contribution < -0.4 is 4.74 Å². The number of methoxy groups -OCH3 is 1. The number of ketones is 1. The summed E-state index contributed by atoms with van der Waals surface area (Å²) in [6, 6.07) is 19.6. The minimum atomic E-state index is -0.876. The molecule has 1 aliphatic rings. The van der Waals surface area contributed by atoms with Crippen LogP contribution in [0.5, 0.6) is 5.75 Å². The zero-order valence-corrected chi connectivity index (χ0v) is 20.6. The Bertz CT molecular complexity index is 1560. The molecule has 3 aromatic carbocycles. The van der Waals surface area contributed by atoms with Gasteiger partial charge in [-0.05, 0) is 53.4 Å². The number of aliphatic hydroxyl groups is 1. The van der Waals surface area contributed by atoms with Crippen LogP contribution in [0.3, 0.4) is 0 Å². The molecule has 192 valence electrons. The van der Waals surface area contributed by atoms with Gasteiger partial charge in [0, 0.05) is 42.2 Å². The van der Waals surface area contributed by atoms with Crippen LogP contribution in [0.1, 0.15) is 22.7 Å². The second-order valence-corrected chi connectivity index (χ2v) is 9.07. The highest BCUT2D eigenvalue weighted by molar-refractivity contribution is 6.09. The van der Waals surface area contributed by atoms with Gasteiger partial charge in [-0.15, -0.1) is 0 Å². The molecule has 1 atom stereocenters. The first-order chi connectivity index (χ1) is 18.4. The number of benzene rings is 3. The average molecular weight is 512 g/mol. The van der Waals surface area contributed by atoms with Crippen LogP contribution in [-0.4, -0.2) is 45.3 Å². The van der Waals surface area contributed by atoms with Gasteiger partial charge in [-0.1, -0.05) is 30.3 Å². The van der Waals surface area contributed by atoms with E-state index >= 15 is 0 Å². The number of aromatic amines is 1. The molecule has 4 aromatic rings. The fraction of sp³-hybridized carbons (Fsp3) is 0.172. The Morgan fingerprint density at radius 3 is 2.53 bits per heavy atom. The molecule has 1 aliphatic heterocycles. The summed E-state index contributed by atoms with van der Waals surface area (Å²) >= 11 is 0. The van der Waals surface area contributed by atoms with Crippen LogP contribution in [-0.2, 0) is 22.4 Å². The van der Waals surface area contributed by atoms with Gasteiger partial charge >= 0.3 is 0 Å². The van der Waals surface area contributed by atoms with Crippen molar-refractivity contribution in [1.29, 1.82) is 0 Å². The van der Waals surface area contributed by atoms with E-state index in [1.165, 1.54) is 29.2 Å². The molecule has 0 fully saturated rings. The second-order valence-electron chi connectivity index (χ2n) is 9.07. The van der Waals surface area contributed by atoms with Crippen LogP contribution in [0, 0.1) is 10.1 Å². The van der Waals surface area contributed by atoms with E-state index in [0.29, 0.717) is 17.7 Å². The Morgan fingerprint density at radius 1 is 1.11 bits per heavy atom. The number of nitrogens with one attached hydrogen (secondary N) is 1. The summed E-state index contributed by atoms with van der Waals surface area (Å²) in [7, 11) is 1.59. The Kier molecular flexibility index (Phi) is 6.66. The normalized spacial score (nSPS) is 15.3. The molecule has 0 spiro atoms. The summed E-state index contributed by atoms with van der Waals surface area (Å²) in [5.74, 6) is -0.922. The molecule has 2 N–H and O–H groups in total. The SMILES string of the molecule is COc1ccc2[nH]cc(CCN3C(=O)C(O)=C(C(=O)Cc4ccccc4)[C@@H]3c3ccc([N+](=O)[O-])cc3)c2c1. The predicted molar refractivity (Wildman–Crippen MR) is 141 cm³/mol. The van der Waals surface area contributed by atoms with E-state index in [2.05, 4.69) is 4.98 Å². The Labute approximate surface area is 218 Å². The lowest BCUT2D eigenvalue weighted by atomic mass is 9.93. The number of amides is 1. The monoisotopic (exact) mass is 511 g/mol. The lowest BCUT2D eigenvalue weighted by molar-refractivity contribution is -0.384. The third-order valence-electron chi connectivity index (χ3n) is 6.83. The highest BCUT2D eigenvalue weighted by Crippen LogP contribution is 2.39. The summed E-state index contributed by atoms with van der Waals surface area (Å²) in [4.78, 5) is 42.1. The minimum absolute atomic E-state index is 0.00620. The molecule has 38 heavy (non-hydrogen) atoms. The van der Waals surface area contributed by atoms with Crippen molar-refractivity contribution in [3.63, 3.8) is 0 Å². The molecule has 1 aromatic heterocycles. The van der Waals surface area contributed by atoms with Crippen molar-refractivity contribution in [1.82, 2.24) is 9.88 Å². The van der Waals surface area contributed by atoms with Crippen molar-refractivity contribution >= 4 is 28.3 Å². The van der Waals surface area contributed by atoms with Crippen molar-refractivity contribution in [2.45, 2.75) is 18.9 Å². The standard InChI is InChI=1S/C29H25N3O6/c1-38-22-11-12-24-23(16-22)20(17-30-24)13-14-31-27(19-7-9-21(10-8-19)32(36)37)26(28(34)29(31)35)25(33)15-18-5-3-2-4-6-18/h2-12,16-17,27,30,34H,13-15H2,1H3/t27-/m0/s1. The van der Waals surface area contributed by atoms with E-state index in [4.69, 9.17) is 4.74 Å². The van der Waals surface area contributed by atoms with Crippen molar-refractivity contribution < 1.29 is 24.4 Å². The molecular weight excluding hydrogens is 486 g/mol. The number of fused-ring (bicyclic) bond motifs is 1. The number of aliphatic hydroxyl groups excluding tert-OH is 1. The van der Waals surface area contributed by atoms with Crippen molar-refractivity contribution in [3.05, 3.63) is 117 Å². The average Bonchev–Trinajstić information content (AvgIpc) is 3.45. The highest BCUT2D eigenvalue weighted by atomic mass is 16.6. The number of rotatable bonds is 9. The van der Waals surface area contributed by atoms with Crippen LogP contribution in [0.4, 0.5) is 5.69 Å². The summed E-state index contributed by atoms with van der Waals surface area (Å²) in [6.45, 7) is 0.205. The molecule has 0 saturated heterocycles. The number of aromatic nitrogens is 1. The Balaban J connectivity index is 1.48. The zero-order valence-electron chi connectivity index (χ0n) is 20.6. The number of hydrogen-bond donors (Lipinski definition) is 2. The molecule has 0 aliphatic carbocycles. The smallest absolute Gasteiger partial charge is 0.290 e. The van der Waals surface area contributed by atoms with Crippen molar-refractivity contribution in [2.24, 2.45) is 0 Å². The molecule has 9 heteroatoms. The van der Waals surface area contributed by atoms with Gasteiger partial charge in [0.25, 0.3) is 11.6 Å². The lowest BCUT2D eigenvalue weighted by Gasteiger charge is -2.27. The van der Waals surface area contributed by atoms with E-state index in [1.807, 2.05) is 42.6 Å². The van der Waals surface area contributed by atoms with E-state index in [9.17, 15) is 24.8 Å². The molecule has 0 saturated carbocycles. The number of nitrogens with zero attached hydrogens (tertiary/aromatic N) is 2. The van der Waals surface area contributed by atoms with E-state index in [-0.39, 0.29) is 30.0 Å². The van der Waals surface area contributed by atoms with Gasteiger partial charge < -0.3 is 19.7 Å². The fourth-order valence-electron chi connectivity index (χ4n) is 4.90. The quantitative estimate of drug-likeness (QED) is 0.245. The number of ether oxygens (including phenoxy) is 1. The maximum atomic E-state index is 13.4. The number of carbonyl (C=O) groups excluding carboxylic acids is 2. The summed E-state index contributed by atoms with van der Waals surface area (Å²) < 4.78 is 5.34. The van der Waals surface area contributed by atoms with Crippen molar-refractivity contribution in [3.8, 4) is 5.75 Å². The Hall–Kier alpha value is -4.92. The zero-order chi connectivity index (χ0) is 26.8. The van der Waals surface area contributed by atoms with Gasteiger partial charge in [-0.3, -0.25) is 19.7 Å². The van der Waals surface area contributed by atoms with Crippen molar-refractivity contribution in [2.75, 3.05) is 13.7 Å². The van der Waals surface area contributed by atoms with Gasteiger partial charge in [-0.2, -0.15) is 0 Å². The Morgan fingerprint density at radius 2 is 1.84 bits per heavy atom. The number of nitro groups is 1. The van der Waals surface area contributed by atoms with E-state index in [1.54, 1.807) is 19.2 Å². The number of non-ortho nitro benzene ring substituents is 1. The molecule has 1 amide bonds. The first kappa shape index (κ1) is 24.8. The van der Waals surface area contributed by atoms with Gasteiger partial charge in [0.05, 0.1) is 23.6 Å². The largest absolute Gasteiger partial charge is 0.503 e. The number of hydrogen-bond acceptors (Lipinski definition) is 6. The number of Topliss-reactive ketones (excluding diaryl/α,β-unsaturated/α-hetero) is 1. The summed E-state index contributed by atoms with van der Waals surface area (Å²) in [5, 5.41) is 23.0. The van der Waals surface area contributed by atoms with Gasteiger partial charge in [0.2, 0.25) is 0 Å². The highest BCUT2D eigenvalue weighted by Gasteiger charge is 2.43. The topological polar surface area (TPSA) is 126 Å². The maximum absolute atomic E-state index is 13.4. The third-order valence-corrected chi connectivity index (χ3v) is 6.83. The molecule has 9 nitrogen and oxygen atoms in total. The van der Waals surface area contributed by atoms with Crippen LogP contribution in [0.15, 0.2) is 90.3 Å². The number of carbonyl (C=O) groups is 2. The minimum Gasteiger partial charge on any atom is -0.503 e. The molecule has 5 rings (SSSR count). The van der Waals surface area contributed by atoms with Gasteiger partial charge in [0.15, 0.2) is 11.5 Å². The molecule has 0 bridgehead atoms. The summed E-state index contributed by atoms with van der Waals surface area (Å²) in [5.41, 5.74) is 3.00. The van der Waals surface area contributed by atoms with Crippen LogP contribution in [0.2, 0.25) is 0 Å². The molecule has 0 unspecified atom stereocenters.